The van der Waals surface area contributed by atoms with E-state index in [9.17, 15) is 17.6 Å². The molecule has 1 aliphatic rings. The summed E-state index contributed by atoms with van der Waals surface area (Å²) in [5.41, 5.74) is 0. The Balaban J connectivity index is 1.21. The standard InChI is InChI=1S/C28H30ClFN2O6S/c29-26-19-24(38-22-12-10-20(30)11-13-22)14-15-27(26)37-17-5-16-36-23-8-4-9-25(18-23)39(34,35)32-28(33)31-21-6-2-1-3-7-21/h4,8-15,18-19,21H,1-3,5-7,16-17H2,(H2,31,32,33). The summed E-state index contributed by atoms with van der Waals surface area (Å²) in [5, 5.41) is 3.09. The van der Waals surface area contributed by atoms with Crippen LogP contribution in [-0.4, -0.2) is 33.7 Å². The molecule has 0 heterocycles. The second kappa shape index (κ2) is 13.5. The summed E-state index contributed by atoms with van der Waals surface area (Å²) in [7, 11) is -4.04. The van der Waals surface area contributed by atoms with Crippen molar-refractivity contribution in [2.75, 3.05) is 13.2 Å². The third-order valence-electron chi connectivity index (χ3n) is 6.05. The Morgan fingerprint density at radius 2 is 1.62 bits per heavy atom. The molecule has 2 N–H and O–H groups in total. The highest BCUT2D eigenvalue weighted by molar-refractivity contribution is 7.90. The number of carbonyl (C=O) groups is 1. The Kier molecular flexibility index (Phi) is 9.89. The minimum absolute atomic E-state index is 0.00610. The van der Waals surface area contributed by atoms with Gasteiger partial charge in [0.1, 0.15) is 28.8 Å². The predicted octanol–water partition coefficient (Wildman–Crippen LogP) is 6.44. The van der Waals surface area contributed by atoms with E-state index in [-0.39, 0.29) is 23.4 Å². The lowest BCUT2D eigenvalue weighted by molar-refractivity contribution is 0.237. The van der Waals surface area contributed by atoms with Crippen LogP contribution in [0.25, 0.3) is 0 Å². The molecule has 4 rings (SSSR count). The zero-order chi connectivity index (χ0) is 27.7. The van der Waals surface area contributed by atoms with E-state index in [0.29, 0.717) is 41.0 Å². The summed E-state index contributed by atoms with van der Waals surface area (Å²) >= 11 is 6.29. The van der Waals surface area contributed by atoms with Gasteiger partial charge in [-0.2, -0.15) is 0 Å². The summed E-state index contributed by atoms with van der Waals surface area (Å²) in [6, 6.07) is 15.8. The van der Waals surface area contributed by atoms with Crippen molar-refractivity contribution in [1.29, 1.82) is 0 Å². The molecular formula is C28H30ClFN2O6S. The van der Waals surface area contributed by atoms with Crippen LogP contribution in [0.1, 0.15) is 38.5 Å². The molecule has 208 valence electrons. The average Bonchev–Trinajstić information content (AvgIpc) is 2.91. The summed E-state index contributed by atoms with van der Waals surface area (Å²) < 4.78 is 57.5. The van der Waals surface area contributed by atoms with Crippen molar-refractivity contribution in [2.24, 2.45) is 0 Å². The molecule has 0 unspecified atom stereocenters. The van der Waals surface area contributed by atoms with Gasteiger partial charge in [-0.3, -0.25) is 0 Å². The number of urea groups is 1. The lowest BCUT2D eigenvalue weighted by Crippen LogP contribution is -2.45. The van der Waals surface area contributed by atoms with Gasteiger partial charge in [0.15, 0.2) is 0 Å². The van der Waals surface area contributed by atoms with Gasteiger partial charge < -0.3 is 19.5 Å². The molecule has 1 saturated carbocycles. The van der Waals surface area contributed by atoms with Crippen LogP contribution in [0.15, 0.2) is 71.6 Å². The predicted molar refractivity (Wildman–Crippen MR) is 146 cm³/mol. The highest BCUT2D eigenvalue weighted by atomic mass is 35.5. The van der Waals surface area contributed by atoms with Crippen LogP contribution in [-0.2, 0) is 10.0 Å². The van der Waals surface area contributed by atoms with Gasteiger partial charge in [-0.1, -0.05) is 36.9 Å². The van der Waals surface area contributed by atoms with Gasteiger partial charge >= 0.3 is 6.03 Å². The number of ether oxygens (including phenoxy) is 3. The smallest absolute Gasteiger partial charge is 0.328 e. The van der Waals surface area contributed by atoms with Gasteiger partial charge in [-0.05, 0) is 61.4 Å². The first-order valence-electron chi connectivity index (χ1n) is 12.7. The van der Waals surface area contributed by atoms with Crippen LogP contribution in [0.3, 0.4) is 0 Å². The van der Waals surface area contributed by atoms with Crippen LogP contribution in [0.4, 0.5) is 9.18 Å². The third kappa shape index (κ3) is 8.76. The highest BCUT2D eigenvalue weighted by Gasteiger charge is 2.21. The van der Waals surface area contributed by atoms with E-state index in [1.165, 1.54) is 36.4 Å². The van der Waals surface area contributed by atoms with Crippen LogP contribution in [0.2, 0.25) is 5.02 Å². The number of sulfonamides is 1. The number of rotatable bonds is 11. The van der Waals surface area contributed by atoms with Crippen LogP contribution < -0.4 is 24.2 Å². The molecule has 11 heteroatoms. The number of benzene rings is 3. The summed E-state index contributed by atoms with van der Waals surface area (Å²) in [6.45, 7) is 0.571. The number of amides is 2. The van der Waals surface area contributed by atoms with E-state index in [1.54, 1.807) is 30.3 Å². The first-order valence-corrected chi connectivity index (χ1v) is 14.6. The van der Waals surface area contributed by atoms with E-state index < -0.39 is 16.1 Å². The quantitative estimate of drug-likeness (QED) is 0.255. The Morgan fingerprint density at radius 3 is 2.36 bits per heavy atom. The number of carbonyl (C=O) groups excluding carboxylic acids is 1. The monoisotopic (exact) mass is 576 g/mol. The molecule has 3 aromatic carbocycles. The Hall–Kier alpha value is -3.50. The second-order valence-electron chi connectivity index (χ2n) is 9.09. The fourth-order valence-electron chi connectivity index (χ4n) is 4.11. The van der Waals surface area contributed by atoms with Crippen molar-refractivity contribution in [3.8, 4) is 23.0 Å². The zero-order valence-corrected chi connectivity index (χ0v) is 22.8. The molecule has 1 fully saturated rings. The molecule has 0 spiro atoms. The highest BCUT2D eigenvalue weighted by Crippen LogP contribution is 2.31. The summed E-state index contributed by atoms with van der Waals surface area (Å²) in [5.74, 6) is 1.43. The topological polar surface area (TPSA) is 103 Å². The lowest BCUT2D eigenvalue weighted by atomic mass is 9.96. The molecule has 0 aliphatic heterocycles. The lowest BCUT2D eigenvalue weighted by Gasteiger charge is -2.22. The third-order valence-corrected chi connectivity index (χ3v) is 7.67. The Morgan fingerprint density at radius 1 is 0.897 bits per heavy atom. The van der Waals surface area contributed by atoms with Gasteiger partial charge in [0.2, 0.25) is 0 Å². The van der Waals surface area contributed by atoms with Crippen LogP contribution >= 0.6 is 11.6 Å². The van der Waals surface area contributed by atoms with Crippen molar-refractivity contribution in [3.63, 3.8) is 0 Å². The fourth-order valence-corrected chi connectivity index (χ4v) is 5.28. The van der Waals surface area contributed by atoms with Crippen molar-refractivity contribution >= 4 is 27.7 Å². The maximum absolute atomic E-state index is 13.0. The maximum atomic E-state index is 13.0. The molecule has 8 nitrogen and oxygen atoms in total. The molecule has 2 amide bonds. The molecular weight excluding hydrogens is 547 g/mol. The number of hydrogen-bond acceptors (Lipinski definition) is 6. The van der Waals surface area contributed by atoms with Gasteiger partial charge in [-0.15, -0.1) is 0 Å². The Labute approximate surface area is 232 Å². The van der Waals surface area contributed by atoms with Crippen molar-refractivity contribution in [2.45, 2.75) is 49.5 Å². The van der Waals surface area contributed by atoms with Crippen LogP contribution in [0, 0.1) is 5.82 Å². The minimum Gasteiger partial charge on any atom is -0.493 e. The van der Waals surface area contributed by atoms with Crippen LogP contribution in [0.5, 0.6) is 23.0 Å². The van der Waals surface area contributed by atoms with E-state index in [1.807, 2.05) is 0 Å². The van der Waals surface area contributed by atoms with E-state index in [4.69, 9.17) is 25.8 Å². The second-order valence-corrected chi connectivity index (χ2v) is 11.2. The first kappa shape index (κ1) is 28.5. The molecule has 0 aromatic heterocycles. The molecule has 0 saturated heterocycles. The van der Waals surface area contributed by atoms with Gasteiger partial charge in [0.25, 0.3) is 10.0 Å². The summed E-state index contributed by atoms with van der Waals surface area (Å²) in [4.78, 5) is 12.1. The molecule has 3 aromatic rings. The molecule has 1 aliphatic carbocycles. The largest absolute Gasteiger partial charge is 0.493 e. The molecule has 39 heavy (non-hydrogen) atoms. The Bertz CT molecular complexity index is 1360. The number of hydrogen-bond donors (Lipinski definition) is 2. The molecule has 0 atom stereocenters. The van der Waals surface area contributed by atoms with Gasteiger partial charge in [0, 0.05) is 24.6 Å². The number of nitrogens with one attached hydrogen (secondary N) is 2. The minimum atomic E-state index is -4.04. The number of halogens is 2. The van der Waals surface area contributed by atoms with Crippen molar-refractivity contribution in [3.05, 3.63) is 77.6 Å². The van der Waals surface area contributed by atoms with E-state index in [0.717, 1.165) is 32.1 Å². The average molecular weight is 577 g/mol. The van der Waals surface area contributed by atoms with E-state index in [2.05, 4.69) is 10.0 Å². The van der Waals surface area contributed by atoms with E-state index >= 15 is 0 Å². The molecule has 0 bridgehead atoms. The molecule has 0 radical (unpaired) electrons. The summed E-state index contributed by atoms with van der Waals surface area (Å²) in [6.07, 6.45) is 5.38. The first-order chi connectivity index (χ1) is 18.8. The fraction of sp³-hybridized carbons (Fsp3) is 0.321. The SMILES string of the molecule is O=C(NC1CCCCC1)NS(=O)(=O)c1cccc(OCCCOc2ccc(Oc3ccc(F)cc3)cc2Cl)c1. The maximum Gasteiger partial charge on any atom is 0.328 e. The van der Waals surface area contributed by atoms with Gasteiger partial charge in [0.05, 0.1) is 23.1 Å². The normalized spacial score (nSPS) is 13.9. The van der Waals surface area contributed by atoms with Crippen molar-refractivity contribution in [1.82, 2.24) is 10.0 Å². The van der Waals surface area contributed by atoms with Gasteiger partial charge in [-0.25, -0.2) is 22.3 Å². The zero-order valence-electron chi connectivity index (χ0n) is 21.2. The van der Waals surface area contributed by atoms with Crippen molar-refractivity contribution < 1.29 is 31.8 Å².